The molecule has 1 fully saturated rings. The van der Waals surface area contributed by atoms with E-state index in [1.165, 1.54) is 15.9 Å². The monoisotopic (exact) mass is 294 g/mol. The number of nitrogens with one attached hydrogen (secondary N) is 1. The fraction of sp³-hybridized carbons (Fsp3) is 0.615. The summed E-state index contributed by atoms with van der Waals surface area (Å²) in [7, 11) is 0. The number of aromatic nitrogens is 3. The van der Waals surface area contributed by atoms with Crippen LogP contribution in [0.25, 0.3) is 10.3 Å². The third kappa shape index (κ3) is 2.15. The summed E-state index contributed by atoms with van der Waals surface area (Å²) in [4.78, 5) is 33.3. The van der Waals surface area contributed by atoms with E-state index < -0.39 is 0 Å². The second-order valence-electron chi connectivity index (χ2n) is 5.32. The van der Waals surface area contributed by atoms with Gasteiger partial charge < -0.3 is 4.90 Å². The molecule has 108 valence electrons. The summed E-state index contributed by atoms with van der Waals surface area (Å²) in [6.07, 6.45) is 2.29. The average molecular weight is 294 g/mol. The largest absolute Gasteiger partial charge is 0.348 e. The van der Waals surface area contributed by atoms with Crippen molar-refractivity contribution >= 4 is 26.8 Å². The van der Waals surface area contributed by atoms with E-state index in [1.807, 2.05) is 0 Å². The first-order valence-corrected chi connectivity index (χ1v) is 7.80. The van der Waals surface area contributed by atoms with E-state index in [4.69, 9.17) is 0 Å². The fourth-order valence-corrected chi connectivity index (χ4v) is 3.57. The normalized spacial score (nSPS) is 17.0. The lowest BCUT2D eigenvalue weighted by molar-refractivity contribution is 0.438. The number of piperidine rings is 1. The first kappa shape index (κ1) is 13.4. The van der Waals surface area contributed by atoms with Gasteiger partial charge in [-0.05, 0) is 25.7 Å². The van der Waals surface area contributed by atoms with Gasteiger partial charge >= 0.3 is 5.69 Å². The first-order chi connectivity index (χ1) is 9.60. The van der Waals surface area contributed by atoms with Gasteiger partial charge in [-0.2, -0.15) is 0 Å². The van der Waals surface area contributed by atoms with E-state index in [2.05, 4.69) is 21.8 Å². The molecule has 6 nitrogen and oxygen atoms in total. The van der Waals surface area contributed by atoms with Gasteiger partial charge in [0.2, 0.25) is 0 Å². The van der Waals surface area contributed by atoms with E-state index in [1.54, 1.807) is 6.92 Å². The van der Waals surface area contributed by atoms with Crippen LogP contribution in [0.15, 0.2) is 9.59 Å². The highest BCUT2D eigenvalue weighted by Crippen LogP contribution is 2.28. The number of hydrogen-bond acceptors (Lipinski definition) is 5. The molecule has 0 bridgehead atoms. The second kappa shape index (κ2) is 5.05. The van der Waals surface area contributed by atoms with E-state index in [-0.39, 0.29) is 11.2 Å². The molecular formula is C13H18N4O2S. The molecule has 0 radical (unpaired) electrons. The molecule has 1 aliphatic rings. The van der Waals surface area contributed by atoms with Gasteiger partial charge in [-0.25, -0.2) is 9.78 Å². The molecular weight excluding hydrogens is 276 g/mol. The van der Waals surface area contributed by atoms with Crippen molar-refractivity contribution < 1.29 is 0 Å². The van der Waals surface area contributed by atoms with Crippen molar-refractivity contribution in [3.05, 3.63) is 20.8 Å². The first-order valence-electron chi connectivity index (χ1n) is 6.98. The Kier molecular flexibility index (Phi) is 3.37. The lowest BCUT2D eigenvalue weighted by Crippen LogP contribution is -2.33. The van der Waals surface area contributed by atoms with E-state index in [0.717, 1.165) is 37.0 Å². The predicted molar refractivity (Wildman–Crippen MR) is 80.8 cm³/mol. The van der Waals surface area contributed by atoms with Gasteiger partial charge in [0, 0.05) is 19.6 Å². The van der Waals surface area contributed by atoms with Crippen molar-refractivity contribution in [2.24, 2.45) is 5.92 Å². The van der Waals surface area contributed by atoms with Crippen LogP contribution in [0.2, 0.25) is 0 Å². The Bertz CT molecular complexity index is 737. The number of rotatable bonds is 2. The Morgan fingerprint density at radius 1 is 1.35 bits per heavy atom. The molecule has 0 saturated carbocycles. The zero-order chi connectivity index (χ0) is 14.3. The summed E-state index contributed by atoms with van der Waals surface area (Å²) in [5, 5.41) is 0.841. The molecule has 0 aliphatic carbocycles. The van der Waals surface area contributed by atoms with Crippen LogP contribution in [0.5, 0.6) is 0 Å². The third-order valence-corrected chi connectivity index (χ3v) is 5.00. The van der Waals surface area contributed by atoms with E-state index in [9.17, 15) is 9.59 Å². The minimum atomic E-state index is -0.380. The minimum Gasteiger partial charge on any atom is -0.348 e. The smallest absolute Gasteiger partial charge is 0.330 e. The van der Waals surface area contributed by atoms with Crippen LogP contribution in [-0.2, 0) is 6.54 Å². The molecule has 1 N–H and O–H groups in total. The van der Waals surface area contributed by atoms with E-state index in [0.29, 0.717) is 16.9 Å². The molecule has 0 atom stereocenters. The highest BCUT2D eigenvalue weighted by molar-refractivity contribution is 7.22. The highest BCUT2D eigenvalue weighted by atomic mass is 32.1. The van der Waals surface area contributed by atoms with Crippen molar-refractivity contribution in [3.8, 4) is 0 Å². The Labute approximate surface area is 120 Å². The topological polar surface area (TPSA) is 71.0 Å². The maximum absolute atomic E-state index is 12.2. The molecule has 20 heavy (non-hydrogen) atoms. The van der Waals surface area contributed by atoms with Gasteiger partial charge in [-0.15, -0.1) is 0 Å². The summed E-state index contributed by atoms with van der Waals surface area (Å²) in [6.45, 7) is 6.35. The standard InChI is InChI=1S/C13H18N4O2S/c1-3-17-11(18)9-10(14-12(17)19)15-13(20-9)16-6-4-8(2)5-7-16/h8H,3-7H2,1-2H3,(H,14,19). The zero-order valence-electron chi connectivity index (χ0n) is 11.7. The summed E-state index contributed by atoms with van der Waals surface area (Å²) < 4.78 is 1.75. The van der Waals surface area contributed by atoms with Crippen LogP contribution in [0, 0.1) is 5.92 Å². The summed E-state index contributed by atoms with van der Waals surface area (Å²) in [5.41, 5.74) is -0.196. The Hall–Kier alpha value is -1.63. The maximum Gasteiger partial charge on any atom is 0.330 e. The fourth-order valence-electron chi connectivity index (χ4n) is 2.54. The zero-order valence-corrected chi connectivity index (χ0v) is 12.5. The molecule has 1 saturated heterocycles. The molecule has 0 aromatic carbocycles. The predicted octanol–water partition coefficient (Wildman–Crippen LogP) is 1.40. The molecule has 2 aromatic rings. The van der Waals surface area contributed by atoms with E-state index >= 15 is 0 Å². The van der Waals surface area contributed by atoms with Gasteiger partial charge in [0.05, 0.1) is 0 Å². The molecule has 0 spiro atoms. The van der Waals surface area contributed by atoms with Crippen LogP contribution < -0.4 is 16.1 Å². The van der Waals surface area contributed by atoms with Crippen LogP contribution in [-0.4, -0.2) is 27.6 Å². The number of hydrogen-bond donors (Lipinski definition) is 1. The van der Waals surface area contributed by atoms with Gasteiger partial charge in [0.15, 0.2) is 10.8 Å². The van der Waals surface area contributed by atoms with Gasteiger partial charge in [0.1, 0.15) is 4.70 Å². The highest BCUT2D eigenvalue weighted by Gasteiger charge is 2.20. The molecule has 0 amide bonds. The van der Waals surface area contributed by atoms with Crippen LogP contribution in [0.1, 0.15) is 26.7 Å². The summed E-state index contributed by atoms with van der Waals surface area (Å²) in [5.74, 6) is 0.748. The Morgan fingerprint density at radius 3 is 2.70 bits per heavy atom. The minimum absolute atomic E-state index is 0.236. The Balaban J connectivity index is 2.05. The number of aromatic amines is 1. The third-order valence-electron chi connectivity index (χ3n) is 3.90. The Morgan fingerprint density at radius 2 is 2.05 bits per heavy atom. The quantitative estimate of drug-likeness (QED) is 0.909. The molecule has 2 aromatic heterocycles. The van der Waals surface area contributed by atoms with Crippen molar-refractivity contribution in [1.29, 1.82) is 0 Å². The van der Waals surface area contributed by atoms with Gasteiger partial charge in [-0.3, -0.25) is 14.3 Å². The molecule has 3 heterocycles. The number of fused-ring (bicyclic) bond motifs is 1. The molecule has 3 rings (SSSR count). The lowest BCUT2D eigenvalue weighted by Gasteiger charge is -2.29. The van der Waals surface area contributed by atoms with Crippen molar-refractivity contribution in [1.82, 2.24) is 14.5 Å². The summed E-state index contributed by atoms with van der Waals surface area (Å²) >= 11 is 1.38. The SMILES string of the molecule is CCn1c(=O)[nH]c2nc(N3CCC(C)CC3)sc2c1=O. The van der Waals surface area contributed by atoms with Gasteiger partial charge in [-0.1, -0.05) is 18.3 Å². The van der Waals surface area contributed by atoms with Crippen LogP contribution in [0.3, 0.4) is 0 Å². The van der Waals surface area contributed by atoms with Gasteiger partial charge in [0.25, 0.3) is 5.56 Å². The number of thiazole rings is 1. The van der Waals surface area contributed by atoms with Crippen molar-refractivity contribution in [2.45, 2.75) is 33.2 Å². The molecule has 1 aliphatic heterocycles. The van der Waals surface area contributed by atoms with Crippen LogP contribution >= 0.6 is 11.3 Å². The number of nitrogens with zero attached hydrogens (tertiary/aromatic N) is 3. The number of H-pyrrole nitrogens is 1. The molecule has 7 heteroatoms. The van der Waals surface area contributed by atoms with Crippen LogP contribution in [0.4, 0.5) is 5.13 Å². The summed E-state index contributed by atoms with van der Waals surface area (Å²) in [6, 6.07) is 0. The lowest BCUT2D eigenvalue weighted by atomic mass is 10.00. The number of anilines is 1. The molecule has 0 unspecified atom stereocenters. The van der Waals surface area contributed by atoms with Crippen molar-refractivity contribution in [3.63, 3.8) is 0 Å². The maximum atomic E-state index is 12.2. The average Bonchev–Trinajstić information content (AvgIpc) is 2.84. The van der Waals surface area contributed by atoms with Crippen molar-refractivity contribution in [2.75, 3.05) is 18.0 Å². The second-order valence-corrected chi connectivity index (χ2v) is 6.30.